The Morgan fingerprint density at radius 1 is 1.00 bits per heavy atom. The van der Waals surface area contributed by atoms with Crippen LogP contribution >= 0.6 is 0 Å². The van der Waals surface area contributed by atoms with Crippen LogP contribution in [-0.2, 0) is 14.8 Å². The summed E-state index contributed by atoms with van der Waals surface area (Å²) in [5.74, 6) is -0.548. The predicted molar refractivity (Wildman–Crippen MR) is 112 cm³/mol. The number of nitrogens with one attached hydrogen (secondary N) is 1. The van der Waals surface area contributed by atoms with Crippen LogP contribution in [0.25, 0.3) is 22.1 Å². The maximum atomic E-state index is 12.7. The first-order valence-corrected chi connectivity index (χ1v) is 10.3. The van der Waals surface area contributed by atoms with Crippen molar-refractivity contribution in [2.75, 3.05) is 11.8 Å². The molecule has 156 valence electrons. The Kier molecular flexibility index (Phi) is 4.95. The number of aromatic nitrogens is 2. The summed E-state index contributed by atoms with van der Waals surface area (Å²) in [6.45, 7) is 0. The smallest absolute Gasteiger partial charge is 0.340 e. The van der Waals surface area contributed by atoms with Gasteiger partial charge in [-0.3, -0.25) is 14.8 Å². The summed E-state index contributed by atoms with van der Waals surface area (Å²) in [4.78, 5) is 30.8. The van der Waals surface area contributed by atoms with Gasteiger partial charge in [0, 0.05) is 6.07 Å². The van der Waals surface area contributed by atoms with Crippen molar-refractivity contribution in [3.05, 3.63) is 76.3 Å². The topological polar surface area (TPSA) is 141 Å². The molecule has 3 aromatic carbocycles. The second-order valence-electron chi connectivity index (χ2n) is 6.42. The number of nitro benzene ring substituents is 1. The highest BCUT2D eigenvalue weighted by Gasteiger charge is 2.25. The molecule has 0 radical (unpaired) electrons. The maximum absolute atomic E-state index is 12.7. The van der Waals surface area contributed by atoms with Crippen LogP contribution < -0.4 is 4.72 Å². The number of benzene rings is 3. The molecular formula is C20H14N4O6S. The van der Waals surface area contributed by atoms with Gasteiger partial charge in [0.1, 0.15) is 5.52 Å². The minimum absolute atomic E-state index is 0.156. The molecule has 0 saturated carbocycles. The van der Waals surface area contributed by atoms with E-state index in [4.69, 9.17) is 4.74 Å². The van der Waals surface area contributed by atoms with Crippen LogP contribution in [0.15, 0.2) is 65.6 Å². The number of carbonyl (C=O) groups is 1. The van der Waals surface area contributed by atoms with Crippen molar-refractivity contribution in [3.63, 3.8) is 0 Å². The first-order valence-electron chi connectivity index (χ1n) is 8.85. The van der Waals surface area contributed by atoms with E-state index in [0.29, 0.717) is 22.1 Å². The number of carbonyl (C=O) groups excluding carboxylic acids is 1. The van der Waals surface area contributed by atoms with E-state index >= 15 is 0 Å². The summed E-state index contributed by atoms with van der Waals surface area (Å²) < 4.78 is 32.6. The van der Waals surface area contributed by atoms with E-state index in [9.17, 15) is 23.3 Å². The van der Waals surface area contributed by atoms with Gasteiger partial charge in [0.25, 0.3) is 15.7 Å². The quantitative estimate of drug-likeness (QED) is 0.217. The lowest BCUT2D eigenvalue weighted by molar-refractivity contribution is -0.387. The molecule has 0 bridgehead atoms. The third kappa shape index (κ3) is 3.73. The standard InChI is InChI=1S/C20H14N4O6S/c1-30-20(25)13-5-4-6-15-19(13)22-14-10-9-12(11-16(14)21-15)23-31(28,29)18-8-3-2-7-17(18)24(26)27/h2-11,23H,1H3. The summed E-state index contributed by atoms with van der Waals surface area (Å²) in [5.41, 5.74) is 1.47. The van der Waals surface area contributed by atoms with E-state index in [2.05, 4.69) is 14.7 Å². The zero-order valence-electron chi connectivity index (χ0n) is 16.0. The van der Waals surface area contributed by atoms with Crippen LogP contribution in [0, 0.1) is 10.1 Å². The van der Waals surface area contributed by atoms with Crippen LogP contribution in [-0.4, -0.2) is 36.4 Å². The van der Waals surface area contributed by atoms with Gasteiger partial charge in [-0.15, -0.1) is 0 Å². The molecule has 0 aliphatic heterocycles. The lowest BCUT2D eigenvalue weighted by Crippen LogP contribution is -2.14. The Balaban J connectivity index is 1.77. The van der Waals surface area contributed by atoms with Crippen molar-refractivity contribution in [3.8, 4) is 0 Å². The van der Waals surface area contributed by atoms with Crippen LogP contribution in [0.1, 0.15) is 10.4 Å². The van der Waals surface area contributed by atoms with Gasteiger partial charge in [0.05, 0.1) is 39.8 Å². The fourth-order valence-electron chi connectivity index (χ4n) is 3.08. The summed E-state index contributed by atoms with van der Waals surface area (Å²) in [6, 6.07) is 14.4. The van der Waals surface area contributed by atoms with Gasteiger partial charge >= 0.3 is 5.97 Å². The van der Waals surface area contributed by atoms with E-state index in [1.165, 1.54) is 37.4 Å². The molecule has 0 aliphatic carbocycles. The van der Waals surface area contributed by atoms with Crippen molar-refractivity contribution in [1.29, 1.82) is 0 Å². The van der Waals surface area contributed by atoms with E-state index in [1.807, 2.05) is 0 Å². The third-order valence-corrected chi connectivity index (χ3v) is 5.90. The Hall–Kier alpha value is -4.12. The molecule has 0 unspecified atom stereocenters. The summed E-state index contributed by atoms with van der Waals surface area (Å²) >= 11 is 0. The zero-order valence-corrected chi connectivity index (χ0v) is 16.8. The lowest BCUT2D eigenvalue weighted by Gasteiger charge is -2.10. The average Bonchev–Trinajstić information content (AvgIpc) is 2.76. The average molecular weight is 438 g/mol. The van der Waals surface area contributed by atoms with Crippen molar-refractivity contribution < 1.29 is 22.9 Å². The molecule has 0 amide bonds. The number of hydrogen-bond acceptors (Lipinski definition) is 8. The molecule has 10 nitrogen and oxygen atoms in total. The van der Waals surface area contributed by atoms with Gasteiger partial charge in [-0.25, -0.2) is 23.2 Å². The van der Waals surface area contributed by atoms with Crippen molar-refractivity contribution in [2.45, 2.75) is 4.90 Å². The largest absolute Gasteiger partial charge is 0.465 e. The third-order valence-electron chi connectivity index (χ3n) is 4.47. The van der Waals surface area contributed by atoms with Crippen LogP contribution in [0.5, 0.6) is 0 Å². The Bertz CT molecular complexity index is 1470. The molecule has 0 spiro atoms. The van der Waals surface area contributed by atoms with Crippen molar-refractivity contribution >= 4 is 49.4 Å². The minimum atomic E-state index is -4.22. The molecule has 0 atom stereocenters. The van der Waals surface area contributed by atoms with Crippen molar-refractivity contribution in [1.82, 2.24) is 9.97 Å². The number of para-hydroxylation sites is 2. The fourth-order valence-corrected chi connectivity index (χ4v) is 4.30. The van der Waals surface area contributed by atoms with E-state index in [0.717, 1.165) is 12.1 Å². The normalized spacial score (nSPS) is 11.4. The Morgan fingerprint density at radius 2 is 1.77 bits per heavy atom. The summed E-state index contributed by atoms with van der Waals surface area (Å²) in [6.07, 6.45) is 0. The number of ether oxygens (including phenoxy) is 1. The first-order chi connectivity index (χ1) is 14.8. The van der Waals surface area contributed by atoms with Gasteiger partial charge in [0.2, 0.25) is 0 Å². The lowest BCUT2D eigenvalue weighted by atomic mass is 10.1. The Labute approximate surface area is 175 Å². The maximum Gasteiger partial charge on any atom is 0.340 e. The molecule has 0 saturated heterocycles. The highest BCUT2D eigenvalue weighted by atomic mass is 32.2. The van der Waals surface area contributed by atoms with Crippen LogP contribution in [0.3, 0.4) is 0 Å². The molecule has 0 fully saturated rings. The SMILES string of the molecule is COC(=O)c1cccc2nc3cc(NS(=O)(=O)c4ccccc4[N+](=O)[O-])ccc3nc12. The number of nitro groups is 1. The second kappa shape index (κ2) is 7.61. The number of rotatable bonds is 5. The molecule has 31 heavy (non-hydrogen) atoms. The molecule has 4 rings (SSSR count). The second-order valence-corrected chi connectivity index (χ2v) is 8.07. The van der Waals surface area contributed by atoms with E-state index < -0.39 is 31.5 Å². The molecule has 1 N–H and O–H groups in total. The minimum Gasteiger partial charge on any atom is -0.465 e. The van der Waals surface area contributed by atoms with Crippen LogP contribution in [0.4, 0.5) is 11.4 Å². The van der Waals surface area contributed by atoms with Crippen LogP contribution in [0.2, 0.25) is 0 Å². The molecule has 1 aromatic heterocycles. The van der Waals surface area contributed by atoms with Gasteiger partial charge < -0.3 is 4.74 Å². The number of fused-ring (bicyclic) bond motifs is 2. The predicted octanol–water partition coefficient (Wildman–Crippen LogP) is 3.28. The molecule has 1 heterocycles. The summed E-state index contributed by atoms with van der Waals surface area (Å²) in [5, 5.41) is 11.2. The molecule has 0 aliphatic rings. The summed E-state index contributed by atoms with van der Waals surface area (Å²) in [7, 11) is -2.95. The van der Waals surface area contributed by atoms with Crippen molar-refractivity contribution in [2.24, 2.45) is 0 Å². The van der Waals surface area contributed by atoms with Gasteiger partial charge in [-0.2, -0.15) is 0 Å². The monoisotopic (exact) mass is 438 g/mol. The highest BCUT2D eigenvalue weighted by Crippen LogP contribution is 2.27. The number of sulfonamides is 1. The highest BCUT2D eigenvalue weighted by molar-refractivity contribution is 7.92. The zero-order chi connectivity index (χ0) is 22.2. The number of nitrogens with zero attached hydrogens (tertiary/aromatic N) is 3. The Morgan fingerprint density at radius 3 is 2.52 bits per heavy atom. The number of methoxy groups -OCH3 is 1. The van der Waals surface area contributed by atoms with E-state index in [1.54, 1.807) is 18.2 Å². The number of esters is 1. The van der Waals surface area contributed by atoms with Gasteiger partial charge in [-0.05, 0) is 36.4 Å². The molecule has 11 heteroatoms. The van der Waals surface area contributed by atoms with Gasteiger partial charge in [-0.1, -0.05) is 18.2 Å². The fraction of sp³-hybridized carbons (Fsp3) is 0.0500. The van der Waals surface area contributed by atoms with E-state index in [-0.39, 0.29) is 11.3 Å². The number of hydrogen-bond donors (Lipinski definition) is 1. The van der Waals surface area contributed by atoms with Gasteiger partial charge in [0.15, 0.2) is 4.90 Å². The molecule has 4 aromatic rings. The molecular weight excluding hydrogens is 424 g/mol. The first kappa shape index (κ1) is 20.2. The number of anilines is 1.